The Balaban J connectivity index is 1.21. The van der Waals surface area contributed by atoms with E-state index in [1.165, 1.54) is 20.0 Å². The molecule has 3 aromatic carbocycles. The van der Waals surface area contributed by atoms with Crippen LogP contribution in [-0.4, -0.2) is 71.3 Å². The Morgan fingerprint density at radius 1 is 0.873 bits per heavy atom. The number of esters is 1. The van der Waals surface area contributed by atoms with Crippen LogP contribution >= 0.6 is 0 Å². The first kappa shape index (κ1) is 40.4. The minimum absolute atomic E-state index is 0.0416. The van der Waals surface area contributed by atoms with Gasteiger partial charge in [-0.2, -0.15) is 0 Å². The van der Waals surface area contributed by atoms with E-state index in [-0.39, 0.29) is 42.2 Å². The van der Waals surface area contributed by atoms with Crippen molar-refractivity contribution in [3.8, 4) is 0 Å². The van der Waals surface area contributed by atoms with E-state index in [2.05, 4.69) is 27.8 Å². The summed E-state index contributed by atoms with van der Waals surface area (Å²) in [5.74, 6) is 0.0671. The van der Waals surface area contributed by atoms with Crippen LogP contribution in [-0.2, 0) is 36.8 Å². The summed E-state index contributed by atoms with van der Waals surface area (Å²) >= 11 is 0. The van der Waals surface area contributed by atoms with Crippen LogP contribution in [0.2, 0.25) is 0 Å². The van der Waals surface area contributed by atoms with E-state index in [1.807, 2.05) is 87.5 Å². The van der Waals surface area contributed by atoms with E-state index < -0.39 is 24.3 Å². The molecule has 2 saturated heterocycles. The predicted molar refractivity (Wildman–Crippen MR) is 211 cm³/mol. The maximum atomic E-state index is 13.9. The first-order valence-corrected chi connectivity index (χ1v) is 19.8. The summed E-state index contributed by atoms with van der Waals surface area (Å²) < 4.78 is 18.6. The van der Waals surface area contributed by atoms with Crippen molar-refractivity contribution in [2.45, 2.75) is 121 Å². The van der Waals surface area contributed by atoms with Gasteiger partial charge in [-0.25, -0.2) is 9.59 Å². The molecular weight excluding hydrogens is 697 g/mol. The van der Waals surface area contributed by atoms with Gasteiger partial charge in [0.15, 0.2) is 6.29 Å². The lowest BCUT2D eigenvalue weighted by Gasteiger charge is -2.51. The number of anilines is 1. The van der Waals surface area contributed by atoms with Crippen LogP contribution in [0, 0.1) is 11.8 Å². The number of benzene rings is 3. The maximum absolute atomic E-state index is 13.9. The molecule has 3 fully saturated rings. The van der Waals surface area contributed by atoms with Crippen LogP contribution in [0.3, 0.4) is 0 Å². The molecule has 0 aromatic heterocycles. The molecular formula is C44H58N4O7. The molecule has 0 bridgehead atoms. The minimum Gasteiger partial charge on any atom is -0.467 e. The van der Waals surface area contributed by atoms with Crippen LogP contribution in [0.15, 0.2) is 78.9 Å². The van der Waals surface area contributed by atoms with Gasteiger partial charge in [0.2, 0.25) is 5.91 Å². The molecule has 296 valence electrons. The second-order valence-corrected chi connectivity index (χ2v) is 16.4. The number of fused-ring (bicyclic) bond motifs is 1. The molecule has 2 heterocycles. The molecule has 0 radical (unpaired) electrons. The number of hydrogen-bond acceptors (Lipinski definition) is 8. The molecule has 3 amide bonds. The molecule has 55 heavy (non-hydrogen) atoms. The van der Waals surface area contributed by atoms with E-state index >= 15 is 0 Å². The van der Waals surface area contributed by atoms with E-state index in [0.29, 0.717) is 30.6 Å². The molecule has 11 heteroatoms. The summed E-state index contributed by atoms with van der Waals surface area (Å²) in [6.07, 6.45) is 5.56. The van der Waals surface area contributed by atoms with Gasteiger partial charge in [-0.3, -0.25) is 9.69 Å². The lowest BCUT2D eigenvalue weighted by atomic mass is 9.75. The fourth-order valence-corrected chi connectivity index (χ4v) is 8.50. The first-order valence-electron chi connectivity index (χ1n) is 19.8. The topological polar surface area (TPSA) is 138 Å². The summed E-state index contributed by atoms with van der Waals surface area (Å²) in [6.45, 7) is 8.80. The third kappa shape index (κ3) is 10.3. The number of piperidine rings is 1. The Morgan fingerprint density at radius 3 is 2.24 bits per heavy atom. The number of hydrogen-bond donors (Lipinski definition) is 4. The van der Waals surface area contributed by atoms with Gasteiger partial charge in [-0.15, -0.1) is 0 Å². The number of carbonyl (C=O) groups is 3. The van der Waals surface area contributed by atoms with Crippen LogP contribution in [0.25, 0.3) is 0 Å². The lowest BCUT2D eigenvalue weighted by molar-refractivity contribution is -0.278. The molecule has 1 saturated carbocycles. The van der Waals surface area contributed by atoms with Gasteiger partial charge in [-0.05, 0) is 81.2 Å². The van der Waals surface area contributed by atoms with Crippen molar-refractivity contribution in [1.29, 1.82) is 0 Å². The Labute approximate surface area is 325 Å². The third-order valence-electron chi connectivity index (χ3n) is 11.3. The number of methoxy groups -OCH3 is 1. The summed E-state index contributed by atoms with van der Waals surface area (Å²) in [5, 5.41) is 18.6. The molecule has 1 aliphatic carbocycles. The van der Waals surface area contributed by atoms with E-state index in [4.69, 9.17) is 14.2 Å². The quantitative estimate of drug-likeness (QED) is 0.157. The van der Waals surface area contributed by atoms with Crippen molar-refractivity contribution < 1.29 is 33.7 Å². The molecule has 4 N–H and O–H groups in total. The molecule has 8 atom stereocenters. The van der Waals surface area contributed by atoms with Gasteiger partial charge in [0.05, 0.1) is 32.0 Å². The van der Waals surface area contributed by atoms with Crippen molar-refractivity contribution in [1.82, 2.24) is 15.5 Å². The van der Waals surface area contributed by atoms with Crippen LogP contribution in [0.1, 0.15) is 101 Å². The summed E-state index contributed by atoms with van der Waals surface area (Å²) in [5.41, 5.74) is 3.69. The lowest BCUT2D eigenvalue weighted by Crippen LogP contribution is -2.61. The van der Waals surface area contributed by atoms with Crippen LogP contribution in [0.5, 0.6) is 0 Å². The van der Waals surface area contributed by atoms with E-state index in [1.54, 1.807) is 12.1 Å². The van der Waals surface area contributed by atoms with Crippen molar-refractivity contribution in [2.24, 2.45) is 11.8 Å². The number of aliphatic hydroxyl groups is 1. The zero-order valence-corrected chi connectivity index (χ0v) is 32.8. The molecule has 2 aliphatic heterocycles. The number of urea groups is 1. The molecule has 3 aliphatic rings. The standard InChI is InChI=1S/C44H58N4O7/c1-28-38(26-48-36-14-10-9-13-31(36)21-24-37(48)40(50)47-44(2,3)4)54-42(55-39(28)32-17-15-30(27-49)16-18-32)33-19-22-34(23-20-33)45-43(52)46-35(41(51)53-5)25-29-11-7-6-8-12-29/h6-8,11-12,15-20,22-23,28,31,35-39,42,49H,9-10,13-14,21,24-27H2,1-5H3,(H,47,50)(H2,45,46,52). The van der Waals surface area contributed by atoms with Crippen molar-refractivity contribution >= 4 is 23.6 Å². The largest absolute Gasteiger partial charge is 0.467 e. The average Bonchev–Trinajstić information content (AvgIpc) is 3.18. The minimum atomic E-state index is -0.860. The van der Waals surface area contributed by atoms with Crippen LogP contribution < -0.4 is 16.0 Å². The summed E-state index contributed by atoms with van der Waals surface area (Å²) in [7, 11) is 1.30. The number of nitrogens with zero attached hydrogens (tertiary/aromatic N) is 1. The van der Waals surface area contributed by atoms with E-state index in [0.717, 1.165) is 47.9 Å². The monoisotopic (exact) mass is 754 g/mol. The van der Waals surface area contributed by atoms with Crippen molar-refractivity contribution in [3.63, 3.8) is 0 Å². The molecule has 0 spiro atoms. The second-order valence-electron chi connectivity index (χ2n) is 16.4. The van der Waals surface area contributed by atoms with Gasteiger partial charge in [0, 0.05) is 41.7 Å². The number of amides is 3. The number of likely N-dealkylation sites (tertiary alicyclic amines) is 1. The van der Waals surface area contributed by atoms with Crippen molar-refractivity contribution in [3.05, 3.63) is 101 Å². The Kier molecular flexibility index (Phi) is 13.3. The SMILES string of the molecule is COC(=O)C(Cc1ccccc1)NC(=O)Nc1ccc(C2OC(CN3C(C(=O)NC(C)(C)C)CCC4CCCCC43)C(C)C(c3ccc(CO)cc3)O2)cc1. The van der Waals surface area contributed by atoms with Gasteiger partial charge in [-0.1, -0.05) is 86.5 Å². The number of ether oxygens (including phenoxy) is 3. The maximum Gasteiger partial charge on any atom is 0.328 e. The van der Waals surface area contributed by atoms with E-state index in [9.17, 15) is 19.5 Å². The highest BCUT2D eigenvalue weighted by Crippen LogP contribution is 2.44. The Bertz CT molecular complexity index is 1730. The smallest absolute Gasteiger partial charge is 0.328 e. The molecule has 6 rings (SSSR count). The fourth-order valence-electron chi connectivity index (χ4n) is 8.50. The average molecular weight is 755 g/mol. The first-order chi connectivity index (χ1) is 26.4. The van der Waals surface area contributed by atoms with Gasteiger partial charge >= 0.3 is 12.0 Å². The predicted octanol–water partition coefficient (Wildman–Crippen LogP) is 6.81. The highest BCUT2D eigenvalue weighted by molar-refractivity contribution is 5.92. The third-order valence-corrected chi connectivity index (χ3v) is 11.3. The number of carbonyl (C=O) groups excluding carboxylic acids is 3. The van der Waals surface area contributed by atoms with Gasteiger partial charge in [0.1, 0.15) is 6.04 Å². The zero-order valence-electron chi connectivity index (χ0n) is 32.8. The Morgan fingerprint density at radius 2 is 1.56 bits per heavy atom. The highest BCUT2D eigenvalue weighted by atomic mass is 16.7. The Hall–Kier alpha value is -4.29. The number of aliphatic hydroxyl groups excluding tert-OH is 1. The van der Waals surface area contributed by atoms with Crippen LogP contribution in [0.4, 0.5) is 10.5 Å². The fraction of sp³-hybridized carbons (Fsp3) is 0.523. The summed E-state index contributed by atoms with van der Waals surface area (Å²) in [4.78, 5) is 41.9. The van der Waals surface area contributed by atoms with Gasteiger partial charge in [0.25, 0.3) is 0 Å². The van der Waals surface area contributed by atoms with Crippen molar-refractivity contribution in [2.75, 3.05) is 19.0 Å². The highest BCUT2D eigenvalue weighted by Gasteiger charge is 2.46. The number of rotatable bonds is 11. The zero-order chi connectivity index (χ0) is 39.1. The normalized spacial score (nSPS) is 26.3. The molecule has 8 unspecified atom stereocenters. The van der Waals surface area contributed by atoms with Gasteiger partial charge < -0.3 is 35.3 Å². The second kappa shape index (κ2) is 18.1. The molecule has 3 aromatic rings. The molecule has 11 nitrogen and oxygen atoms in total. The number of nitrogens with one attached hydrogen (secondary N) is 3. The summed E-state index contributed by atoms with van der Waals surface area (Å²) in [6, 6.07) is 23.3.